The molecule has 1 aromatic carbocycles. The first kappa shape index (κ1) is 17.4. The van der Waals surface area contributed by atoms with E-state index >= 15 is 0 Å². The topological polar surface area (TPSA) is 67.8 Å². The molecule has 21 heavy (non-hydrogen) atoms. The molecule has 1 amide bonds. The number of aliphatic hydroxyl groups is 1. The van der Waals surface area contributed by atoms with Gasteiger partial charge in [0.05, 0.1) is 19.3 Å². The number of amides is 1. The quantitative estimate of drug-likeness (QED) is 0.643. The summed E-state index contributed by atoms with van der Waals surface area (Å²) in [5.41, 5.74) is 0. The van der Waals surface area contributed by atoms with Gasteiger partial charge in [-0.3, -0.25) is 4.79 Å². The Kier molecular flexibility index (Phi) is 8.38. The molecule has 0 aliphatic rings. The van der Waals surface area contributed by atoms with Crippen LogP contribution in [0.15, 0.2) is 24.3 Å². The molecule has 0 saturated heterocycles. The van der Waals surface area contributed by atoms with E-state index in [2.05, 4.69) is 5.32 Å². The van der Waals surface area contributed by atoms with Crippen LogP contribution < -0.4 is 10.1 Å². The largest absolute Gasteiger partial charge is 0.494 e. The van der Waals surface area contributed by atoms with Gasteiger partial charge in [-0.05, 0) is 37.1 Å². The fraction of sp³-hybridized carbons (Fsp3) is 0.533. The van der Waals surface area contributed by atoms with Crippen molar-refractivity contribution in [1.82, 2.24) is 5.32 Å². The normalized spacial score (nSPS) is 12.0. The zero-order chi connectivity index (χ0) is 15.5. The first-order valence-corrected chi connectivity index (χ1v) is 6.93. The maximum Gasteiger partial charge on any atom is 0.220 e. The molecule has 6 heteroatoms. The number of halogens is 1. The zero-order valence-corrected chi connectivity index (χ0v) is 12.2. The van der Waals surface area contributed by atoms with Crippen molar-refractivity contribution in [2.24, 2.45) is 0 Å². The van der Waals surface area contributed by atoms with Gasteiger partial charge in [0.25, 0.3) is 0 Å². The number of carbonyl (C=O) groups is 1. The standard InChI is InChI=1S/C15H22FNO4/c1-20-11-13(8-9-18)17-15(19)3-2-10-21-14-6-4-12(16)5-7-14/h4-7,13,18H,2-3,8-11H2,1H3,(H,17,19). The van der Waals surface area contributed by atoms with Gasteiger partial charge in [-0.2, -0.15) is 0 Å². The Morgan fingerprint density at radius 1 is 1.38 bits per heavy atom. The number of ether oxygens (including phenoxy) is 2. The fourth-order valence-corrected chi connectivity index (χ4v) is 1.81. The van der Waals surface area contributed by atoms with Crippen LogP contribution in [0.4, 0.5) is 4.39 Å². The number of benzene rings is 1. The van der Waals surface area contributed by atoms with Crippen LogP contribution >= 0.6 is 0 Å². The van der Waals surface area contributed by atoms with Gasteiger partial charge >= 0.3 is 0 Å². The molecule has 0 saturated carbocycles. The first-order chi connectivity index (χ1) is 10.2. The van der Waals surface area contributed by atoms with Gasteiger partial charge in [0.1, 0.15) is 11.6 Å². The van der Waals surface area contributed by atoms with Crippen molar-refractivity contribution in [3.63, 3.8) is 0 Å². The third-order valence-corrected chi connectivity index (χ3v) is 2.84. The second kappa shape index (κ2) is 10.1. The highest BCUT2D eigenvalue weighted by molar-refractivity contribution is 5.76. The van der Waals surface area contributed by atoms with Crippen molar-refractivity contribution in [2.75, 3.05) is 26.9 Å². The summed E-state index contributed by atoms with van der Waals surface area (Å²) in [6.45, 7) is 0.758. The summed E-state index contributed by atoms with van der Waals surface area (Å²) in [5, 5.41) is 11.7. The molecule has 1 unspecified atom stereocenters. The molecule has 0 bridgehead atoms. The van der Waals surface area contributed by atoms with E-state index in [0.717, 1.165) is 0 Å². The van der Waals surface area contributed by atoms with Crippen LogP contribution in [0.1, 0.15) is 19.3 Å². The van der Waals surface area contributed by atoms with Crippen molar-refractivity contribution in [3.8, 4) is 5.75 Å². The van der Waals surface area contributed by atoms with E-state index in [1.807, 2.05) is 0 Å². The number of hydrogen-bond donors (Lipinski definition) is 2. The maximum atomic E-state index is 12.7. The second-order valence-corrected chi connectivity index (χ2v) is 4.64. The van der Waals surface area contributed by atoms with Crippen LogP contribution in [0.25, 0.3) is 0 Å². The van der Waals surface area contributed by atoms with Gasteiger partial charge in [0.15, 0.2) is 0 Å². The van der Waals surface area contributed by atoms with E-state index in [1.165, 1.54) is 12.1 Å². The molecular formula is C15H22FNO4. The van der Waals surface area contributed by atoms with E-state index in [4.69, 9.17) is 14.6 Å². The zero-order valence-electron chi connectivity index (χ0n) is 12.2. The van der Waals surface area contributed by atoms with Crippen molar-refractivity contribution >= 4 is 5.91 Å². The molecule has 0 fully saturated rings. The molecule has 1 atom stereocenters. The predicted octanol–water partition coefficient (Wildman–Crippen LogP) is 1.50. The summed E-state index contributed by atoms with van der Waals surface area (Å²) < 4.78 is 23.1. The van der Waals surface area contributed by atoms with E-state index in [1.54, 1.807) is 19.2 Å². The summed E-state index contributed by atoms with van der Waals surface area (Å²) in [7, 11) is 1.55. The van der Waals surface area contributed by atoms with Crippen molar-refractivity contribution in [1.29, 1.82) is 0 Å². The Balaban J connectivity index is 2.19. The highest BCUT2D eigenvalue weighted by atomic mass is 19.1. The molecule has 0 radical (unpaired) electrons. The van der Waals surface area contributed by atoms with Crippen LogP contribution in [0, 0.1) is 5.82 Å². The summed E-state index contributed by atoms with van der Waals surface area (Å²) in [5.74, 6) is 0.164. The van der Waals surface area contributed by atoms with E-state index in [-0.39, 0.29) is 24.4 Å². The lowest BCUT2D eigenvalue weighted by atomic mass is 10.2. The summed E-state index contributed by atoms with van der Waals surface area (Å²) in [6.07, 6.45) is 1.35. The Morgan fingerprint density at radius 2 is 2.10 bits per heavy atom. The predicted molar refractivity (Wildman–Crippen MR) is 76.6 cm³/mol. The number of methoxy groups -OCH3 is 1. The summed E-state index contributed by atoms with van der Waals surface area (Å²) in [4.78, 5) is 11.7. The number of carbonyl (C=O) groups excluding carboxylic acids is 1. The lowest BCUT2D eigenvalue weighted by Crippen LogP contribution is -2.38. The highest BCUT2D eigenvalue weighted by Crippen LogP contribution is 2.11. The Hall–Kier alpha value is -1.66. The lowest BCUT2D eigenvalue weighted by molar-refractivity contribution is -0.122. The number of hydrogen-bond acceptors (Lipinski definition) is 4. The Bertz CT molecular complexity index is 405. The molecule has 0 aromatic heterocycles. The number of aliphatic hydroxyl groups excluding tert-OH is 1. The average Bonchev–Trinajstić information content (AvgIpc) is 2.46. The van der Waals surface area contributed by atoms with Crippen LogP contribution in [-0.4, -0.2) is 44.0 Å². The minimum atomic E-state index is -0.310. The average molecular weight is 299 g/mol. The second-order valence-electron chi connectivity index (χ2n) is 4.64. The van der Waals surface area contributed by atoms with Gasteiger partial charge in [0.2, 0.25) is 5.91 Å². The third-order valence-electron chi connectivity index (χ3n) is 2.84. The van der Waals surface area contributed by atoms with Gasteiger partial charge < -0.3 is 19.9 Å². The molecular weight excluding hydrogens is 277 g/mol. The Morgan fingerprint density at radius 3 is 2.71 bits per heavy atom. The highest BCUT2D eigenvalue weighted by Gasteiger charge is 2.11. The fourth-order valence-electron chi connectivity index (χ4n) is 1.81. The van der Waals surface area contributed by atoms with Gasteiger partial charge in [-0.25, -0.2) is 4.39 Å². The molecule has 1 rings (SSSR count). The van der Waals surface area contributed by atoms with E-state index in [0.29, 0.717) is 38.2 Å². The third kappa shape index (κ3) is 7.63. The van der Waals surface area contributed by atoms with E-state index in [9.17, 15) is 9.18 Å². The lowest BCUT2D eigenvalue weighted by Gasteiger charge is -2.16. The molecule has 2 N–H and O–H groups in total. The smallest absolute Gasteiger partial charge is 0.220 e. The monoisotopic (exact) mass is 299 g/mol. The molecule has 5 nitrogen and oxygen atoms in total. The summed E-state index contributed by atoms with van der Waals surface area (Å²) in [6, 6.07) is 5.57. The molecule has 0 spiro atoms. The van der Waals surface area contributed by atoms with Crippen molar-refractivity contribution in [2.45, 2.75) is 25.3 Å². The van der Waals surface area contributed by atoms with Crippen molar-refractivity contribution < 1.29 is 23.8 Å². The van der Waals surface area contributed by atoms with E-state index < -0.39 is 0 Å². The van der Waals surface area contributed by atoms with Gasteiger partial charge in [0, 0.05) is 20.1 Å². The first-order valence-electron chi connectivity index (χ1n) is 6.93. The summed E-state index contributed by atoms with van der Waals surface area (Å²) >= 11 is 0. The minimum absolute atomic E-state index is 0.00197. The molecule has 0 aliphatic heterocycles. The van der Waals surface area contributed by atoms with Crippen LogP contribution in [0.2, 0.25) is 0 Å². The molecule has 118 valence electrons. The van der Waals surface area contributed by atoms with Crippen molar-refractivity contribution in [3.05, 3.63) is 30.1 Å². The molecule has 0 heterocycles. The van der Waals surface area contributed by atoms with Gasteiger partial charge in [-0.1, -0.05) is 0 Å². The van der Waals surface area contributed by atoms with Crippen LogP contribution in [0.3, 0.4) is 0 Å². The minimum Gasteiger partial charge on any atom is -0.494 e. The number of nitrogens with one attached hydrogen (secondary N) is 1. The van der Waals surface area contributed by atoms with Crippen LogP contribution in [0.5, 0.6) is 5.75 Å². The SMILES string of the molecule is COCC(CCO)NC(=O)CCCOc1ccc(F)cc1. The van der Waals surface area contributed by atoms with Crippen LogP contribution in [-0.2, 0) is 9.53 Å². The molecule has 0 aliphatic carbocycles. The Labute approximate surface area is 124 Å². The maximum absolute atomic E-state index is 12.7. The molecule has 1 aromatic rings. The number of rotatable bonds is 10. The van der Waals surface area contributed by atoms with Gasteiger partial charge in [-0.15, -0.1) is 0 Å².